The van der Waals surface area contributed by atoms with Gasteiger partial charge in [0.15, 0.2) is 0 Å². The molecule has 0 saturated heterocycles. The summed E-state index contributed by atoms with van der Waals surface area (Å²) in [5, 5.41) is 18.4. The van der Waals surface area contributed by atoms with Crippen molar-refractivity contribution >= 4 is 35.6 Å². The third-order valence-corrected chi connectivity index (χ3v) is 9.09. The number of carbonyl (C=O) groups excluding carboxylic acids is 4. The number of amides is 3. The van der Waals surface area contributed by atoms with Gasteiger partial charge < -0.3 is 30.5 Å². The van der Waals surface area contributed by atoms with Crippen molar-refractivity contribution in [1.82, 2.24) is 16.0 Å². The Hall–Kier alpha value is -4.09. The summed E-state index contributed by atoms with van der Waals surface area (Å²) in [6, 6.07) is 17.4. The van der Waals surface area contributed by atoms with Crippen LogP contribution in [-0.2, 0) is 36.2 Å². The minimum absolute atomic E-state index is 0.0418. The standard InChI is InChI=1S/C36H47N3O7S/c1-3-13-29(21-32(41)39-36(26-40)19-11-12-20-36)33(42)37-30(25-47-24-28-17-9-6-10-18-28)23-45-34(43)31(14-4-2)38-35(44)46-22-27-15-7-5-8-16-27/h3-10,15-18,29-31,40H,1-2,11-14,19-26H2,(H,37,42)(H,38,44)(H,39,41)/t29-,30+,31+/m0/s1. The van der Waals surface area contributed by atoms with Crippen molar-refractivity contribution in [3.63, 3.8) is 0 Å². The molecule has 1 aliphatic carbocycles. The summed E-state index contributed by atoms with van der Waals surface area (Å²) < 4.78 is 10.9. The number of nitrogens with one attached hydrogen (secondary N) is 3. The van der Waals surface area contributed by atoms with Crippen molar-refractivity contribution in [3.05, 3.63) is 97.1 Å². The molecule has 10 nitrogen and oxygen atoms in total. The Kier molecular flexibility index (Phi) is 16.1. The lowest BCUT2D eigenvalue weighted by atomic mass is 9.95. The van der Waals surface area contributed by atoms with E-state index in [1.165, 1.54) is 6.08 Å². The highest BCUT2D eigenvalue weighted by Crippen LogP contribution is 2.29. The predicted molar refractivity (Wildman–Crippen MR) is 183 cm³/mol. The molecule has 0 radical (unpaired) electrons. The van der Waals surface area contributed by atoms with E-state index in [1.54, 1.807) is 17.8 Å². The van der Waals surface area contributed by atoms with Crippen molar-refractivity contribution in [2.75, 3.05) is 19.0 Å². The van der Waals surface area contributed by atoms with Gasteiger partial charge >= 0.3 is 12.1 Å². The molecule has 2 aromatic rings. The number of carbonyl (C=O) groups is 4. The molecule has 0 unspecified atom stereocenters. The second-order valence-corrected chi connectivity index (χ2v) is 12.8. The highest BCUT2D eigenvalue weighted by molar-refractivity contribution is 7.98. The molecule has 254 valence electrons. The molecule has 3 amide bonds. The summed E-state index contributed by atoms with van der Waals surface area (Å²) in [6.45, 7) is 7.18. The Morgan fingerprint density at radius 1 is 0.894 bits per heavy atom. The maximum Gasteiger partial charge on any atom is 0.408 e. The molecule has 0 spiro atoms. The maximum atomic E-state index is 13.5. The molecule has 0 aliphatic heterocycles. The zero-order chi connectivity index (χ0) is 33.9. The quantitative estimate of drug-likeness (QED) is 0.117. The Morgan fingerprint density at radius 3 is 2.15 bits per heavy atom. The van der Waals surface area contributed by atoms with Crippen LogP contribution in [0.25, 0.3) is 0 Å². The van der Waals surface area contributed by atoms with Crippen molar-refractivity contribution in [3.8, 4) is 0 Å². The fraction of sp³-hybridized carbons (Fsp3) is 0.444. The number of hydrogen-bond donors (Lipinski definition) is 4. The summed E-state index contributed by atoms with van der Waals surface area (Å²) in [4.78, 5) is 52.0. The van der Waals surface area contributed by atoms with Gasteiger partial charge in [-0.3, -0.25) is 9.59 Å². The van der Waals surface area contributed by atoms with Gasteiger partial charge in [-0.2, -0.15) is 11.8 Å². The smallest absolute Gasteiger partial charge is 0.408 e. The third kappa shape index (κ3) is 13.3. The molecular weight excluding hydrogens is 618 g/mol. The Balaban J connectivity index is 1.61. The van der Waals surface area contributed by atoms with E-state index in [-0.39, 0.29) is 50.9 Å². The van der Waals surface area contributed by atoms with Crippen molar-refractivity contribution < 1.29 is 33.8 Å². The molecule has 11 heteroatoms. The van der Waals surface area contributed by atoms with Crippen LogP contribution in [0.1, 0.15) is 56.1 Å². The number of aliphatic hydroxyl groups excluding tert-OH is 1. The first-order valence-electron chi connectivity index (χ1n) is 16.0. The van der Waals surface area contributed by atoms with Gasteiger partial charge in [0, 0.05) is 17.9 Å². The van der Waals surface area contributed by atoms with Crippen molar-refractivity contribution in [1.29, 1.82) is 0 Å². The van der Waals surface area contributed by atoms with Gasteiger partial charge in [0.05, 0.1) is 24.1 Å². The second kappa shape index (κ2) is 20.2. The van der Waals surface area contributed by atoms with Crippen molar-refractivity contribution in [2.45, 2.75) is 74.9 Å². The summed E-state index contributed by atoms with van der Waals surface area (Å²) in [5.74, 6) is -0.958. The lowest BCUT2D eigenvalue weighted by Gasteiger charge is -2.29. The third-order valence-electron chi connectivity index (χ3n) is 7.92. The summed E-state index contributed by atoms with van der Waals surface area (Å²) in [5.41, 5.74) is 1.27. The number of ether oxygens (including phenoxy) is 2. The Bertz CT molecular complexity index is 1300. The topological polar surface area (TPSA) is 143 Å². The van der Waals surface area contributed by atoms with E-state index in [0.29, 0.717) is 24.3 Å². The van der Waals surface area contributed by atoms with Crippen LogP contribution in [-0.4, -0.2) is 65.6 Å². The molecule has 47 heavy (non-hydrogen) atoms. The molecule has 1 fully saturated rings. The lowest BCUT2D eigenvalue weighted by molar-refractivity contribution is -0.147. The van der Waals surface area contributed by atoms with Crippen LogP contribution < -0.4 is 16.0 Å². The van der Waals surface area contributed by atoms with Gasteiger partial charge in [0.25, 0.3) is 0 Å². The van der Waals surface area contributed by atoms with Crippen LogP contribution in [0.15, 0.2) is 86.0 Å². The van der Waals surface area contributed by atoms with Gasteiger partial charge in [-0.15, -0.1) is 13.2 Å². The normalized spacial score (nSPS) is 15.3. The van der Waals surface area contributed by atoms with Gasteiger partial charge in [0.2, 0.25) is 11.8 Å². The van der Waals surface area contributed by atoms with Crippen LogP contribution in [0.3, 0.4) is 0 Å². The van der Waals surface area contributed by atoms with Crippen LogP contribution in [0.4, 0.5) is 4.79 Å². The van der Waals surface area contributed by atoms with Gasteiger partial charge in [-0.1, -0.05) is 85.7 Å². The number of benzene rings is 2. The predicted octanol–water partition coefficient (Wildman–Crippen LogP) is 4.82. The summed E-state index contributed by atoms with van der Waals surface area (Å²) in [6.07, 6.45) is 5.89. The summed E-state index contributed by atoms with van der Waals surface area (Å²) >= 11 is 1.57. The highest BCUT2D eigenvalue weighted by Gasteiger charge is 2.35. The van der Waals surface area contributed by atoms with E-state index in [4.69, 9.17) is 9.47 Å². The van der Waals surface area contributed by atoms with Crippen molar-refractivity contribution in [2.24, 2.45) is 5.92 Å². The molecule has 3 rings (SSSR count). The zero-order valence-electron chi connectivity index (χ0n) is 26.9. The number of alkyl carbamates (subject to hydrolysis) is 1. The van der Waals surface area contributed by atoms with Crippen LogP contribution in [0.2, 0.25) is 0 Å². The number of esters is 1. The Morgan fingerprint density at radius 2 is 1.53 bits per heavy atom. The van der Waals surface area contributed by atoms with Crippen LogP contribution in [0.5, 0.6) is 0 Å². The molecule has 1 saturated carbocycles. The first-order valence-corrected chi connectivity index (χ1v) is 17.1. The SMILES string of the molecule is C=CC[C@@H](CC(=O)NC1(CO)CCCC1)C(=O)N[C@H](COC(=O)[C@@H](CC=C)NC(=O)OCc1ccccc1)CSCc1ccccc1. The summed E-state index contributed by atoms with van der Waals surface area (Å²) in [7, 11) is 0. The number of aliphatic hydroxyl groups is 1. The first-order chi connectivity index (χ1) is 22.8. The molecule has 0 bridgehead atoms. The first kappa shape index (κ1) is 37.4. The number of rotatable bonds is 20. The molecule has 4 N–H and O–H groups in total. The van der Waals surface area contributed by atoms with E-state index >= 15 is 0 Å². The van der Waals surface area contributed by atoms with Gasteiger partial charge in [-0.25, -0.2) is 9.59 Å². The minimum Gasteiger partial charge on any atom is -0.462 e. The van der Waals surface area contributed by atoms with Gasteiger partial charge in [-0.05, 0) is 36.8 Å². The van der Waals surface area contributed by atoms with E-state index < -0.39 is 35.6 Å². The van der Waals surface area contributed by atoms with E-state index in [9.17, 15) is 24.3 Å². The maximum absolute atomic E-state index is 13.5. The minimum atomic E-state index is -1.03. The number of hydrogen-bond acceptors (Lipinski definition) is 8. The number of allylic oxidation sites excluding steroid dienone is 1. The molecule has 0 heterocycles. The van der Waals surface area contributed by atoms with E-state index in [0.717, 1.165) is 24.0 Å². The Labute approximate surface area is 281 Å². The average molecular weight is 666 g/mol. The highest BCUT2D eigenvalue weighted by atomic mass is 32.2. The van der Waals surface area contributed by atoms with Gasteiger partial charge in [0.1, 0.15) is 19.3 Å². The molecule has 0 aromatic heterocycles. The van der Waals surface area contributed by atoms with Crippen LogP contribution >= 0.6 is 11.8 Å². The number of thioether (sulfide) groups is 1. The fourth-order valence-corrected chi connectivity index (χ4v) is 6.35. The second-order valence-electron chi connectivity index (χ2n) is 11.7. The monoisotopic (exact) mass is 665 g/mol. The lowest BCUT2D eigenvalue weighted by Crippen LogP contribution is -2.50. The average Bonchev–Trinajstić information content (AvgIpc) is 3.55. The van der Waals surface area contributed by atoms with E-state index in [1.807, 2.05) is 60.7 Å². The largest absolute Gasteiger partial charge is 0.462 e. The molecular formula is C36H47N3O7S. The molecule has 1 aliphatic rings. The fourth-order valence-electron chi connectivity index (χ4n) is 5.34. The van der Waals surface area contributed by atoms with Crippen LogP contribution in [0, 0.1) is 5.92 Å². The molecule has 3 atom stereocenters. The molecule has 2 aromatic carbocycles. The zero-order valence-corrected chi connectivity index (χ0v) is 27.7. The van der Waals surface area contributed by atoms with E-state index in [2.05, 4.69) is 29.1 Å².